The second kappa shape index (κ2) is 7.88. The van der Waals surface area contributed by atoms with E-state index in [0.29, 0.717) is 0 Å². The van der Waals surface area contributed by atoms with E-state index in [0.717, 1.165) is 0 Å². The predicted octanol–water partition coefficient (Wildman–Crippen LogP) is -3.81. The molecule has 2 rings (SSSR count). The van der Waals surface area contributed by atoms with Crippen molar-refractivity contribution in [3.8, 4) is 0 Å². The largest absolute Gasteiger partial charge is 0.394 e. The van der Waals surface area contributed by atoms with E-state index in [9.17, 15) is 24.9 Å². The van der Waals surface area contributed by atoms with E-state index in [1.54, 1.807) is 0 Å². The van der Waals surface area contributed by atoms with Crippen LogP contribution in [0.25, 0.3) is 0 Å². The molecule has 2 fully saturated rings. The normalized spacial score (nSPS) is 36.3. The van der Waals surface area contributed by atoms with Gasteiger partial charge in [-0.2, -0.15) is 0 Å². The lowest BCUT2D eigenvalue weighted by atomic mass is 9.99. The highest BCUT2D eigenvalue weighted by Gasteiger charge is 2.56. The zero-order valence-electron chi connectivity index (χ0n) is 13.5. The number of rotatable bonds is 6. The Bertz CT molecular complexity index is 525. The number of carbonyl (C=O) groups excluding carboxylic acids is 2. The molecule has 5 atom stereocenters. The Kier molecular flexibility index (Phi) is 6.43. The molecule has 1 unspecified atom stereocenters. The highest BCUT2D eigenvalue weighted by Crippen LogP contribution is 2.31. The fourth-order valence-corrected chi connectivity index (χ4v) is 2.69. The maximum Gasteiger partial charge on any atom is 0.380 e. The number of esters is 2. The van der Waals surface area contributed by atoms with Crippen LogP contribution < -0.4 is 11.5 Å². The van der Waals surface area contributed by atoms with Crippen LogP contribution in [0.5, 0.6) is 0 Å². The van der Waals surface area contributed by atoms with Gasteiger partial charge in [-0.1, -0.05) is 11.6 Å². The first-order chi connectivity index (χ1) is 12.0. The summed E-state index contributed by atoms with van der Waals surface area (Å²) in [7, 11) is 0. The molecule has 0 saturated carbocycles. The third kappa shape index (κ3) is 4.24. The van der Waals surface area contributed by atoms with Gasteiger partial charge in [0.25, 0.3) is 0 Å². The molecule has 26 heavy (non-hydrogen) atoms. The number of aliphatic hydroxyl groups excluding tert-OH is 4. The summed E-state index contributed by atoms with van der Waals surface area (Å²) in [6, 6.07) is -2.39. The molecule has 12 nitrogen and oxygen atoms in total. The van der Waals surface area contributed by atoms with E-state index in [-0.39, 0.29) is 19.4 Å². The first-order valence-electron chi connectivity index (χ1n) is 7.67. The lowest BCUT2D eigenvalue weighted by Crippen LogP contribution is -2.66. The van der Waals surface area contributed by atoms with Crippen molar-refractivity contribution < 1.29 is 49.0 Å². The van der Waals surface area contributed by atoms with Crippen molar-refractivity contribution in [3.63, 3.8) is 0 Å². The van der Waals surface area contributed by atoms with Gasteiger partial charge in [0.15, 0.2) is 6.29 Å². The Balaban J connectivity index is 1.86. The molecule has 150 valence electrons. The Labute approximate surface area is 152 Å². The van der Waals surface area contributed by atoms with Gasteiger partial charge in [-0.15, -0.1) is 0 Å². The van der Waals surface area contributed by atoms with Crippen molar-refractivity contribution in [2.45, 2.75) is 54.5 Å². The van der Waals surface area contributed by atoms with Crippen LogP contribution in [0.2, 0.25) is 0 Å². The summed E-state index contributed by atoms with van der Waals surface area (Å²) in [6.07, 6.45) is -7.38. The molecule has 2 aliphatic heterocycles. The molecular formula is C13H21ClN2O10. The molecule has 13 heteroatoms. The quantitative estimate of drug-likeness (QED) is 0.0834. The van der Waals surface area contributed by atoms with E-state index in [2.05, 4.69) is 9.47 Å². The van der Waals surface area contributed by atoms with Crippen molar-refractivity contribution in [2.24, 2.45) is 11.5 Å². The maximum atomic E-state index is 11.8. The van der Waals surface area contributed by atoms with Crippen LogP contribution in [0.4, 0.5) is 0 Å². The molecule has 0 spiro atoms. The van der Waals surface area contributed by atoms with E-state index in [1.165, 1.54) is 0 Å². The zero-order chi connectivity index (χ0) is 19.7. The second-order valence-electron chi connectivity index (χ2n) is 5.97. The minimum atomic E-state index is -2.39. The van der Waals surface area contributed by atoms with E-state index >= 15 is 0 Å². The molecule has 0 aromatic rings. The molecule has 0 aromatic carbocycles. The molecule has 0 radical (unpaired) electrons. The van der Waals surface area contributed by atoms with E-state index in [4.69, 9.17) is 37.6 Å². The standard InChI is InChI=1S/C13H21ClN2O10/c14-12(10(21)25-13(15,16)26-11(12)22)2-1-3-23-9-8(20)7(19)6(18)5(4-17)24-9/h5-9,17-20H,1-4,15-16H2/t5-,6-,7+,8+,9?/m1/s1. The molecule has 2 heterocycles. The van der Waals surface area contributed by atoms with Crippen LogP contribution in [-0.4, -0.2) is 87.2 Å². The molecule has 2 saturated heterocycles. The first-order valence-corrected chi connectivity index (χ1v) is 8.05. The molecule has 0 aromatic heterocycles. The fraction of sp³-hybridized carbons (Fsp3) is 0.846. The van der Waals surface area contributed by atoms with Crippen LogP contribution in [0, 0.1) is 0 Å². The Hall–Kier alpha value is -1.09. The third-order valence-corrected chi connectivity index (χ3v) is 4.45. The van der Waals surface area contributed by atoms with Gasteiger partial charge >= 0.3 is 18.0 Å². The summed E-state index contributed by atoms with van der Waals surface area (Å²) in [5.74, 6) is -2.35. The zero-order valence-corrected chi connectivity index (χ0v) is 14.2. The van der Waals surface area contributed by atoms with Gasteiger partial charge in [-0.3, -0.25) is 0 Å². The van der Waals surface area contributed by atoms with Gasteiger partial charge in [0.2, 0.25) is 4.87 Å². The summed E-state index contributed by atoms with van der Waals surface area (Å²) < 4.78 is 19.4. The number of carbonyl (C=O) groups is 2. The molecule has 0 amide bonds. The van der Waals surface area contributed by atoms with Gasteiger partial charge in [0, 0.05) is 6.61 Å². The van der Waals surface area contributed by atoms with Gasteiger partial charge in [-0.25, -0.2) is 21.1 Å². The number of hydrogen-bond acceptors (Lipinski definition) is 12. The molecule has 2 aliphatic rings. The van der Waals surface area contributed by atoms with Crippen molar-refractivity contribution in [1.82, 2.24) is 0 Å². The molecule has 0 bridgehead atoms. The highest BCUT2D eigenvalue weighted by molar-refractivity contribution is 6.45. The Morgan fingerprint density at radius 2 is 1.65 bits per heavy atom. The number of halogens is 1. The number of cyclic esters (lactones) is 2. The summed E-state index contributed by atoms with van der Waals surface area (Å²) in [4.78, 5) is 21.5. The molecular weight excluding hydrogens is 380 g/mol. The van der Waals surface area contributed by atoms with Gasteiger partial charge < -0.3 is 39.4 Å². The first kappa shape index (κ1) is 21.2. The fourth-order valence-electron chi connectivity index (χ4n) is 2.48. The van der Waals surface area contributed by atoms with Crippen LogP contribution >= 0.6 is 11.6 Å². The highest BCUT2D eigenvalue weighted by atomic mass is 35.5. The summed E-state index contributed by atoms with van der Waals surface area (Å²) in [5, 5.41) is 38.2. The van der Waals surface area contributed by atoms with Gasteiger partial charge in [0.05, 0.1) is 6.61 Å². The summed E-state index contributed by atoms with van der Waals surface area (Å²) in [5.41, 5.74) is 10.4. The van der Waals surface area contributed by atoms with Crippen molar-refractivity contribution >= 4 is 23.5 Å². The molecule has 8 N–H and O–H groups in total. The summed E-state index contributed by atoms with van der Waals surface area (Å²) >= 11 is 5.94. The molecule has 0 aliphatic carbocycles. The van der Waals surface area contributed by atoms with Crippen LogP contribution in [-0.2, 0) is 28.5 Å². The van der Waals surface area contributed by atoms with Crippen molar-refractivity contribution in [2.75, 3.05) is 13.2 Å². The van der Waals surface area contributed by atoms with Crippen molar-refractivity contribution in [1.29, 1.82) is 0 Å². The van der Waals surface area contributed by atoms with Gasteiger partial charge in [-0.05, 0) is 12.8 Å². The monoisotopic (exact) mass is 400 g/mol. The SMILES string of the molecule is NC1(N)OC(=O)C(Cl)(CCCOC2O[C@H](CO)[C@@H](O)[C@H](O)[C@@H]2O)C(=O)O1. The third-order valence-electron chi connectivity index (χ3n) is 3.95. The van der Waals surface area contributed by atoms with E-state index in [1.807, 2.05) is 0 Å². The Morgan fingerprint density at radius 3 is 2.19 bits per heavy atom. The van der Waals surface area contributed by atoms with Gasteiger partial charge in [0.1, 0.15) is 24.4 Å². The number of hydrogen-bond donors (Lipinski definition) is 6. The lowest BCUT2D eigenvalue weighted by Gasteiger charge is -2.39. The summed E-state index contributed by atoms with van der Waals surface area (Å²) in [6.45, 7) is -0.763. The number of ether oxygens (including phenoxy) is 4. The minimum absolute atomic E-state index is 0.0187. The Morgan fingerprint density at radius 1 is 1.08 bits per heavy atom. The maximum absolute atomic E-state index is 11.8. The van der Waals surface area contributed by atoms with Crippen LogP contribution in [0.15, 0.2) is 0 Å². The predicted molar refractivity (Wildman–Crippen MR) is 80.8 cm³/mol. The topological polar surface area (TPSA) is 204 Å². The van der Waals surface area contributed by atoms with Crippen molar-refractivity contribution in [3.05, 3.63) is 0 Å². The lowest BCUT2D eigenvalue weighted by molar-refractivity contribution is -0.301. The second-order valence-corrected chi connectivity index (χ2v) is 6.62. The average molecular weight is 401 g/mol. The number of alkyl halides is 1. The van der Waals surface area contributed by atoms with Crippen LogP contribution in [0.3, 0.4) is 0 Å². The number of aliphatic hydroxyl groups is 4. The van der Waals surface area contributed by atoms with E-state index < -0.39 is 60.2 Å². The van der Waals surface area contributed by atoms with Crippen LogP contribution in [0.1, 0.15) is 12.8 Å². The smallest absolute Gasteiger partial charge is 0.380 e. The minimum Gasteiger partial charge on any atom is -0.394 e. The number of nitrogens with two attached hydrogens (primary N) is 2. The average Bonchev–Trinajstić information content (AvgIpc) is 2.56.